The Kier molecular flexibility index (Phi) is 2.99. The number of hydrogen-bond acceptors (Lipinski definition) is 4. The Bertz CT molecular complexity index is 478. The van der Waals surface area contributed by atoms with Crippen LogP contribution in [0.15, 0.2) is 0 Å². The largest absolute Gasteiger partial charge is 0.453 e. The molecule has 0 aromatic carbocycles. The molecular formula is C14H20N2O4. The van der Waals surface area contributed by atoms with Crippen molar-refractivity contribution in [2.45, 2.75) is 43.7 Å². The second-order valence-corrected chi connectivity index (χ2v) is 6.24. The second-order valence-electron chi connectivity index (χ2n) is 6.24. The highest BCUT2D eigenvalue weighted by Gasteiger charge is 2.56. The minimum absolute atomic E-state index is 0.0154. The van der Waals surface area contributed by atoms with E-state index in [0.29, 0.717) is 19.4 Å². The van der Waals surface area contributed by atoms with Crippen LogP contribution in [-0.4, -0.2) is 59.9 Å². The molecule has 2 bridgehead atoms. The Morgan fingerprint density at radius 3 is 2.85 bits per heavy atom. The SMILES string of the molecule is COC(=O)N(C)[C@@H]1CN2C(=O)CC3CC2(CCC3=O)C1. The van der Waals surface area contributed by atoms with Crippen LogP contribution in [-0.2, 0) is 14.3 Å². The number of Topliss-reactive ketones (excluding diaryl/α,β-unsaturated/α-hetero) is 1. The van der Waals surface area contributed by atoms with Crippen molar-refractivity contribution < 1.29 is 19.1 Å². The van der Waals surface area contributed by atoms with Crippen molar-refractivity contribution in [3.05, 3.63) is 0 Å². The number of ketones is 1. The van der Waals surface area contributed by atoms with Gasteiger partial charge in [-0.2, -0.15) is 0 Å². The molecule has 20 heavy (non-hydrogen) atoms. The van der Waals surface area contributed by atoms with E-state index in [-0.39, 0.29) is 35.3 Å². The molecule has 2 amide bonds. The predicted octanol–water partition coefficient (Wildman–Crippen LogP) is 0.797. The van der Waals surface area contributed by atoms with Crippen LogP contribution in [0.4, 0.5) is 4.79 Å². The number of piperidine rings is 1. The standard InChI is InChI=1S/C14H20N2O4/c1-15(13(19)20-2)10-7-14-4-3-11(17)9(6-14)5-12(18)16(14)8-10/h9-10H,3-8H2,1-2H3/t9?,10-,14?/m0/s1. The van der Waals surface area contributed by atoms with Crippen LogP contribution in [0, 0.1) is 5.92 Å². The zero-order valence-corrected chi connectivity index (χ0v) is 11.9. The maximum absolute atomic E-state index is 12.3. The van der Waals surface area contributed by atoms with E-state index in [1.165, 1.54) is 7.11 Å². The predicted molar refractivity (Wildman–Crippen MR) is 70.0 cm³/mol. The third-order valence-electron chi connectivity index (χ3n) is 5.23. The van der Waals surface area contributed by atoms with Gasteiger partial charge in [0.2, 0.25) is 5.91 Å². The van der Waals surface area contributed by atoms with Crippen molar-refractivity contribution in [3.8, 4) is 0 Å². The maximum Gasteiger partial charge on any atom is 0.409 e. The molecule has 3 aliphatic rings. The fourth-order valence-electron chi connectivity index (χ4n) is 4.11. The van der Waals surface area contributed by atoms with Crippen LogP contribution in [0.2, 0.25) is 0 Å². The monoisotopic (exact) mass is 280 g/mol. The minimum Gasteiger partial charge on any atom is -0.453 e. The van der Waals surface area contributed by atoms with Gasteiger partial charge in [-0.3, -0.25) is 9.59 Å². The van der Waals surface area contributed by atoms with E-state index in [2.05, 4.69) is 0 Å². The first kappa shape index (κ1) is 13.4. The van der Waals surface area contributed by atoms with Gasteiger partial charge >= 0.3 is 6.09 Å². The van der Waals surface area contributed by atoms with E-state index in [1.54, 1.807) is 11.9 Å². The molecule has 0 radical (unpaired) electrons. The molecule has 0 aromatic heterocycles. The molecule has 2 heterocycles. The van der Waals surface area contributed by atoms with Crippen molar-refractivity contribution >= 4 is 17.8 Å². The quantitative estimate of drug-likeness (QED) is 0.712. The van der Waals surface area contributed by atoms with Crippen molar-refractivity contribution in [1.82, 2.24) is 9.80 Å². The van der Waals surface area contributed by atoms with Crippen LogP contribution in [0.25, 0.3) is 0 Å². The van der Waals surface area contributed by atoms with E-state index in [9.17, 15) is 14.4 Å². The maximum atomic E-state index is 12.3. The Labute approximate surface area is 118 Å². The number of ether oxygens (including phenoxy) is 1. The lowest BCUT2D eigenvalue weighted by atomic mass is 9.69. The van der Waals surface area contributed by atoms with Gasteiger partial charge in [0.05, 0.1) is 13.2 Å². The number of hydrogen-bond donors (Lipinski definition) is 0. The summed E-state index contributed by atoms with van der Waals surface area (Å²) >= 11 is 0. The van der Waals surface area contributed by atoms with Gasteiger partial charge in [0, 0.05) is 37.9 Å². The summed E-state index contributed by atoms with van der Waals surface area (Å²) in [6, 6.07) is -0.0154. The zero-order valence-electron chi connectivity index (χ0n) is 11.9. The average molecular weight is 280 g/mol. The molecule has 2 unspecified atom stereocenters. The summed E-state index contributed by atoms with van der Waals surface area (Å²) < 4.78 is 4.75. The Morgan fingerprint density at radius 2 is 2.15 bits per heavy atom. The first-order valence-electron chi connectivity index (χ1n) is 7.11. The average Bonchev–Trinajstić information content (AvgIpc) is 2.81. The van der Waals surface area contributed by atoms with E-state index >= 15 is 0 Å². The van der Waals surface area contributed by atoms with E-state index in [4.69, 9.17) is 4.74 Å². The summed E-state index contributed by atoms with van der Waals surface area (Å²) in [4.78, 5) is 39.3. The third-order valence-corrected chi connectivity index (χ3v) is 5.23. The summed E-state index contributed by atoms with van der Waals surface area (Å²) in [6.45, 7) is 0.561. The molecule has 1 spiro atoms. The topological polar surface area (TPSA) is 66.9 Å². The van der Waals surface area contributed by atoms with Crippen LogP contribution in [0.5, 0.6) is 0 Å². The number of fused-ring (bicyclic) bond motifs is 1. The first-order valence-corrected chi connectivity index (χ1v) is 7.11. The minimum atomic E-state index is -0.373. The molecule has 110 valence electrons. The normalized spacial score (nSPS) is 35.8. The van der Waals surface area contributed by atoms with E-state index < -0.39 is 0 Å². The Balaban J connectivity index is 1.83. The lowest BCUT2D eigenvalue weighted by molar-refractivity contribution is -0.151. The summed E-state index contributed by atoms with van der Waals surface area (Å²) in [5, 5.41) is 0. The van der Waals surface area contributed by atoms with Crippen LogP contribution >= 0.6 is 0 Å². The van der Waals surface area contributed by atoms with Crippen LogP contribution in [0.3, 0.4) is 0 Å². The van der Waals surface area contributed by atoms with Gasteiger partial charge in [-0.25, -0.2) is 4.79 Å². The molecule has 6 heteroatoms. The number of amides is 2. The van der Waals surface area contributed by atoms with Gasteiger partial charge in [-0.15, -0.1) is 0 Å². The lowest BCUT2D eigenvalue weighted by Gasteiger charge is -2.48. The molecule has 2 aliphatic heterocycles. The fraction of sp³-hybridized carbons (Fsp3) is 0.786. The molecule has 2 saturated heterocycles. The van der Waals surface area contributed by atoms with Gasteiger partial charge in [0.25, 0.3) is 0 Å². The second kappa shape index (κ2) is 4.46. The third kappa shape index (κ3) is 1.81. The van der Waals surface area contributed by atoms with E-state index in [0.717, 1.165) is 19.3 Å². The van der Waals surface area contributed by atoms with Gasteiger partial charge < -0.3 is 14.5 Å². The summed E-state index contributed by atoms with van der Waals surface area (Å²) in [7, 11) is 3.07. The number of rotatable bonds is 1. The van der Waals surface area contributed by atoms with Gasteiger partial charge in [0.1, 0.15) is 5.78 Å². The van der Waals surface area contributed by atoms with Gasteiger partial charge in [-0.05, 0) is 19.3 Å². The first-order chi connectivity index (χ1) is 9.47. The molecule has 0 N–H and O–H groups in total. The smallest absolute Gasteiger partial charge is 0.409 e. The molecule has 3 rings (SSSR count). The van der Waals surface area contributed by atoms with Gasteiger partial charge in [-0.1, -0.05) is 0 Å². The summed E-state index contributed by atoms with van der Waals surface area (Å²) in [5.41, 5.74) is -0.207. The highest BCUT2D eigenvalue weighted by atomic mass is 16.5. The molecular weight excluding hydrogens is 260 g/mol. The summed E-state index contributed by atoms with van der Waals surface area (Å²) in [5.74, 6) is 0.193. The van der Waals surface area contributed by atoms with Crippen LogP contribution < -0.4 is 0 Å². The number of likely N-dealkylation sites (N-methyl/N-ethyl adjacent to an activating group) is 1. The number of nitrogens with zero attached hydrogens (tertiary/aromatic N) is 2. The van der Waals surface area contributed by atoms with Crippen LogP contribution in [0.1, 0.15) is 32.1 Å². The van der Waals surface area contributed by atoms with Crippen molar-refractivity contribution in [3.63, 3.8) is 0 Å². The van der Waals surface area contributed by atoms with Gasteiger partial charge in [0.15, 0.2) is 0 Å². The number of carbonyl (C=O) groups is 3. The fourth-order valence-corrected chi connectivity index (χ4v) is 4.11. The molecule has 1 aliphatic carbocycles. The molecule has 3 atom stereocenters. The lowest BCUT2D eigenvalue weighted by Crippen LogP contribution is -2.56. The number of methoxy groups -OCH3 is 1. The van der Waals surface area contributed by atoms with Crippen molar-refractivity contribution in [2.75, 3.05) is 20.7 Å². The number of carbonyl (C=O) groups excluding carboxylic acids is 3. The Morgan fingerprint density at radius 1 is 1.40 bits per heavy atom. The highest BCUT2D eigenvalue weighted by molar-refractivity contribution is 5.90. The Hall–Kier alpha value is -1.59. The van der Waals surface area contributed by atoms with E-state index in [1.807, 2.05) is 4.90 Å². The molecule has 6 nitrogen and oxygen atoms in total. The van der Waals surface area contributed by atoms with Crippen molar-refractivity contribution in [2.24, 2.45) is 5.92 Å². The molecule has 0 aromatic rings. The van der Waals surface area contributed by atoms with Crippen molar-refractivity contribution in [1.29, 1.82) is 0 Å². The molecule has 3 fully saturated rings. The molecule has 1 saturated carbocycles. The summed E-state index contributed by atoms with van der Waals surface area (Å²) in [6.07, 6.45) is 2.79. The zero-order chi connectivity index (χ0) is 14.5. The highest BCUT2D eigenvalue weighted by Crippen LogP contribution is 2.48.